The van der Waals surface area contributed by atoms with Gasteiger partial charge in [0.15, 0.2) is -1.23 Å². The van der Waals surface area contributed by atoms with Crippen LogP contribution in [0.3, 0.4) is 0 Å². The molecule has 3 rings (SSSR count). The van der Waals surface area contributed by atoms with Gasteiger partial charge in [-0.1, -0.05) is 58.8 Å². The van der Waals surface area contributed by atoms with E-state index in [0.717, 1.165) is 11.5 Å². The molecule has 2 nitrogen and oxygen atoms in total. The highest BCUT2D eigenvalue weighted by Crippen LogP contribution is 2.65. The lowest BCUT2D eigenvalue weighted by Crippen LogP contribution is -2.17. The summed E-state index contributed by atoms with van der Waals surface area (Å²) in [7, 11) is -2.25. The third-order valence-electron chi connectivity index (χ3n) is 4.47. The number of halogens is 3. The Morgan fingerprint density at radius 2 is 0.806 bits per heavy atom. The molecule has 3 aromatic rings. The first-order valence-corrected chi connectivity index (χ1v) is 17.9. The normalized spacial score (nSPS) is 13.5. The van der Waals surface area contributed by atoms with Crippen LogP contribution in [-0.2, 0) is 0 Å². The summed E-state index contributed by atoms with van der Waals surface area (Å²) in [5.74, 6) is 1.86. The summed E-state index contributed by atoms with van der Waals surface area (Å²) in [5, 5.41) is 0. The fourth-order valence-electron chi connectivity index (χ4n) is 2.84. The van der Waals surface area contributed by atoms with Crippen molar-refractivity contribution in [3.63, 3.8) is 0 Å². The Balaban J connectivity index is 1.71. The van der Waals surface area contributed by atoms with Gasteiger partial charge in [-0.2, -0.15) is 0 Å². The molecule has 0 fully saturated rings. The molecule has 3 aromatic carbocycles. The molecule has 0 aromatic heterocycles. The molecule has 168 valence electrons. The quantitative estimate of drug-likeness (QED) is 0.176. The fraction of sp³-hybridized carbons (Fsp3) is 0.250. The molecule has 7 heteroatoms. The zero-order valence-corrected chi connectivity index (χ0v) is 26.3. The number of rotatable bonds is 7. The van der Waals surface area contributed by atoms with Crippen LogP contribution in [0, 0.1) is 0 Å². The largest absolute Gasteiger partial charge is 0.450 e. The first-order chi connectivity index (χ1) is 14.3. The van der Waals surface area contributed by atoms with E-state index in [4.69, 9.17) is 8.37 Å². The van der Waals surface area contributed by atoms with Crippen LogP contribution >= 0.6 is 88.4 Å². The minimum Gasteiger partial charge on any atom is -0.450 e. The lowest BCUT2D eigenvalue weighted by atomic mass is 10.0. The van der Waals surface area contributed by atoms with E-state index in [9.17, 15) is 0 Å². The maximum absolute atomic E-state index is 6.33. The lowest BCUT2D eigenvalue weighted by molar-refractivity contribution is 0.627. The third-order valence-corrected chi connectivity index (χ3v) is 16.4. The topological polar surface area (TPSA) is 18.5 Å². The second kappa shape index (κ2) is 10.2. The molecule has 0 aliphatic carbocycles. The van der Waals surface area contributed by atoms with Gasteiger partial charge in [0.05, 0.1) is 0 Å². The third kappa shape index (κ3) is 7.31. The van der Waals surface area contributed by atoms with E-state index in [-0.39, 0.29) is -1.23 Å². The van der Waals surface area contributed by atoms with Crippen LogP contribution in [0.25, 0.3) is 22.3 Å². The van der Waals surface area contributed by atoms with Gasteiger partial charge in [0.1, 0.15) is 11.5 Å². The monoisotopic (exact) mass is 792 g/mol. The Labute approximate surface area is 230 Å². The van der Waals surface area contributed by atoms with Crippen molar-refractivity contribution in [3.8, 4) is 33.8 Å². The SMILES string of the molecule is CS(C)(C)Oc1ccc(-c2ccc(-c3ccc(OS(C)(C)C(I)(I)I)cc3)cc2)cc1. The molecule has 0 spiro atoms. The summed E-state index contributed by atoms with van der Waals surface area (Å²) in [6.07, 6.45) is 10.8. The van der Waals surface area contributed by atoms with Crippen molar-refractivity contribution in [3.05, 3.63) is 72.8 Å². The highest BCUT2D eigenvalue weighted by molar-refractivity contribution is 14.3. The average molecular weight is 792 g/mol. The van der Waals surface area contributed by atoms with Crippen molar-refractivity contribution in [2.75, 3.05) is 31.3 Å². The molecule has 0 saturated heterocycles. The molecule has 0 bridgehead atoms. The summed E-state index contributed by atoms with van der Waals surface area (Å²) in [5.41, 5.74) is 4.78. The van der Waals surface area contributed by atoms with E-state index in [1.54, 1.807) is 0 Å². The summed E-state index contributed by atoms with van der Waals surface area (Å²) < 4.78 is 12.4. The van der Waals surface area contributed by atoms with Crippen LogP contribution in [-0.4, -0.2) is 30.0 Å². The number of alkyl halides is 3. The molecule has 0 N–H and O–H groups in total. The number of hydrogen-bond donors (Lipinski definition) is 0. The Bertz CT molecular complexity index is 1010. The minimum atomic E-state index is -1.23. The van der Waals surface area contributed by atoms with Crippen molar-refractivity contribution in [1.82, 2.24) is 0 Å². The Morgan fingerprint density at radius 1 is 0.516 bits per heavy atom. The van der Waals surface area contributed by atoms with Crippen LogP contribution in [0.15, 0.2) is 72.8 Å². The average Bonchev–Trinajstić information content (AvgIpc) is 2.67. The number of hydrogen-bond acceptors (Lipinski definition) is 2. The van der Waals surface area contributed by atoms with Crippen molar-refractivity contribution < 1.29 is 8.37 Å². The zero-order valence-electron chi connectivity index (χ0n) is 18.2. The van der Waals surface area contributed by atoms with Gasteiger partial charge in [-0.3, -0.25) is 0 Å². The summed E-state index contributed by atoms with van der Waals surface area (Å²) in [4.78, 5) is 0. The molecular formula is C24H27I3O2S2. The zero-order chi connectivity index (χ0) is 22.9. The van der Waals surface area contributed by atoms with Crippen LogP contribution in [0.4, 0.5) is 0 Å². The Hall–Kier alpha value is 0.150. The van der Waals surface area contributed by atoms with Crippen LogP contribution in [0.2, 0.25) is 0 Å². The highest BCUT2D eigenvalue weighted by Gasteiger charge is 2.36. The molecule has 31 heavy (non-hydrogen) atoms. The van der Waals surface area contributed by atoms with Crippen LogP contribution in [0.1, 0.15) is 0 Å². The molecular weight excluding hydrogens is 765 g/mol. The first kappa shape index (κ1) is 25.8. The van der Waals surface area contributed by atoms with Gasteiger partial charge in [-0.15, -0.1) is 10.3 Å². The van der Waals surface area contributed by atoms with Crippen molar-refractivity contribution in [2.45, 2.75) is -1.23 Å². The maximum Gasteiger partial charge on any atom is 0.182 e. The molecule has 0 aliphatic rings. The molecule has 0 atom stereocenters. The lowest BCUT2D eigenvalue weighted by Gasteiger charge is -2.39. The van der Waals surface area contributed by atoms with Crippen molar-refractivity contribution in [2.24, 2.45) is 0 Å². The molecule has 0 saturated carbocycles. The van der Waals surface area contributed by atoms with E-state index in [2.05, 4.69) is 172 Å². The van der Waals surface area contributed by atoms with Crippen LogP contribution < -0.4 is 8.37 Å². The van der Waals surface area contributed by atoms with Gasteiger partial charge >= 0.3 is 0 Å². The van der Waals surface area contributed by atoms with Gasteiger partial charge in [-0.25, -0.2) is 0 Å². The summed E-state index contributed by atoms with van der Waals surface area (Å²) in [6.45, 7) is 0. The second-order valence-electron chi connectivity index (χ2n) is 8.20. The smallest absolute Gasteiger partial charge is 0.182 e. The number of benzene rings is 3. The van der Waals surface area contributed by atoms with E-state index < -0.39 is 20.6 Å². The standard InChI is InChI=1S/C24H27I3O2S2/c1-30(2,3)28-22-14-10-20(11-15-22)18-6-8-19(9-7-18)21-12-16-23(17-13-21)29-31(4,5)24(25,26)27/h6-17H,1-5H3. The predicted octanol–water partition coefficient (Wildman–Crippen LogP) is 9.28. The van der Waals surface area contributed by atoms with E-state index in [0.29, 0.717) is 0 Å². The molecule has 0 unspecified atom stereocenters. The Kier molecular flexibility index (Phi) is 8.47. The summed E-state index contributed by atoms with van der Waals surface area (Å²) >= 11 is 7.37. The Morgan fingerprint density at radius 3 is 1.10 bits per heavy atom. The van der Waals surface area contributed by atoms with Gasteiger partial charge in [0.2, 0.25) is 0 Å². The van der Waals surface area contributed by atoms with E-state index in [1.165, 1.54) is 22.3 Å². The summed E-state index contributed by atoms with van der Waals surface area (Å²) in [6, 6.07) is 25.5. The molecule has 0 heterocycles. The fourth-order valence-corrected chi connectivity index (χ4v) is 5.02. The van der Waals surface area contributed by atoms with Gasteiger partial charge in [0.25, 0.3) is 0 Å². The van der Waals surface area contributed by atoms with Gasteiger partial charge in [-0.05, 0) is 146 Å². The van der Waals surface area contributed by atoms with Gasteiger partial charge in [0, 0.05) is 0 Å². The maximum atomic E-state index is 6.33. The van der Waals surface area contributed by atoms with E-state index >= 15 is 0 Å². The molecule has 0 amide bonds. The minimum absolute atomic E-state index is 0.0486. The molecule has 0 radical (unpaired) electrons. The highest BCUT2D eigenvalue weighted by atomic mass is 127. The second-order valence-corrected chi connectivity index (χ2v) is 28.3. The predicted molar refractivity (Wildman–Crippen MR) is 168 cm³/mol. The van der Waals surface area contributed by atoms with Gasteiger partial charge < -0.3 is 8.37 Å². The molecule has 0 aliphatic heterocycles. The van der Waals surface area contributed by atoms with Crippen molar-refractivity contribution in [1.29, 1.82) is 0 Å². The van der Waals surface area contributed by atoms with E-state index in [1.807, 2.05) is 0 Å². The van der Waals surface area contributed by atoms with Crippen molar-refractivity contribution >= 4 is 88.4 Å². The first-order valence-electron chi connectivity index (χ1n) is 9.52. The van der Waals surface area contributed by atoms with Crippen LogP contribution in [0.5, 0.6) is 11.5 Å².